The first kappa shape index (κ1) is 18.2. The van der Waals surface area contributed by atoms with Gasteiger partial charge in [0.05, 0.1) is 11.0 Å². The van der Waals surface area contributed by atoms with Crippen molar-refractivity contribution in [3.8, 4) is 17.1 Å². The molecule has 0 aliphatic heterocycles. The van der Waals surface area contributed by atoms with Crippen molar-refractivity contribution < 1.29 is 0 Å². The molecule has 0 radical (unpaired) electrons. The fourth-order valence-corrected chi connectivity index (χ4v) is 5.02. The molecule has 0 unspecified atom stereocenters. The summed E-state index contributed by atoms with van der Waals surface area (Å²) >= 11 is 0. The fourth-order valence-electron chi connectivity index (χ4n) is 5.02. The van der Waals surface area contributed by atoms with Gasteiger partial charge >= 0.3 is 0 Å². The number of para-hydroxylation sites is 3. The standard InChI is InChI=1S/C31H20N2/c1-2-9-25(10-3-1)33-29-13-7-6-12-28(29)32-31(33)24-19-16-22-15-18-23-17-14-21-8-4-5-11-26(21)30(23)27(22)20-24/h1-20H. The molecule has 0 spiro atoms. The molecule has 0 amide bonds. The molecule has 0 fully saturated rings. The molecule has 2 nitrogen and oxygen atoms in total. The second kappa shape index (κ2) is 7.04. The number of imidazole rings is 1. The van der Waals surface area contributed by atoms with Crippen LogP contribution in [-0.2, 0) is 0 Å². The minimum atomic E-state index is 0.960. The Morgan fingerprint density at radius 1 is 0.515 bits per heavy atom. The molecule has 33 heavy (non-hydrogen) atoms. The van der Waals surface area contributed by atoms with Gasteiger partial charge in [0.1, 0.15) is 5.82 Å². The van der Waals surface area contributed by atoms with Gasteiger partial charge in [-0.15, -0.1) is 0 Å². The molecule has 7 rings (SSSR count). The van der Waals surface area contributed by atoms with Gasteiger partial charge in [-0.3, -0.25) is 4.57 Å². The molecule has 0 aliphatic rings. The summed E-state index contributed by atoms with van der Waals surface area (Å²) in [6.45, 7) is 0. The molecular weight excluding hydrogens is 400 g/mol. The van der Waals surface area contributed by atoms with E-state index < -0.39 is 0 Å². The maximum atomic E-state index is 5.07. The first-order chi connectivity index (χ1) is 16.4. The highest BCUT2D eigenvalue weighted by atomic mass is 15.1. The molecule has 0 aliphatic carbocycles. The van der Waals surface area contributed by atoms with Gasteiger partial charge in [0.2, 0.25) is 0 Å². The van der Waals surface area contributed by atoms with Crippen molar-refractivity contribution in [3.05, 3.63) is 121 Å². The molecule has 0 saturated carbocycles. The van der Waals surface area contributed by atoms with Crippen molar-refractivity contribution in [2.24, 2.45) is 0 Å². The zero-order valence-electron chi connectivity index (χ0n) is 17.9. The summed E-state index contributed by atoms with van der Waals surface area (Å²) in [5.41, 5.74) is 4.34. The van der Waals surface area contributed by atoms with Crippen LogP contribution < -0.4 is 0 Å². The number of aromatic nitrogens is 2. The molecule has 0 N–H and O–H groups in total. The Hall–Kier alpha value is -4.43. The third kappa shape index (κ3) is 2.78. The van der Waals surface area contributed by atoms with E-state index in [2.05, 4.69) is 126 Å². The molecule has 1 heterocycles. The summed E-state index contributed by atoms with van der Waals surface area (Å²) in [4.78, 5) is 5.07. The van der Waals surface area contributed by atoms with Crippen LogP contribution in [0.3, 0.4) is 0 Å². The van der Waals surface area contributed by atoms with Crippen molar-refractivity contribution >= 4 is 43.4 Å². The van der Waals surface area contributed by atoms with E-state index in [9.17, 15) is 0 Å². The third-order valence-corrected chi connectivity index (χ3v) is 6.56. The lowest BCUT2D eigenvalue weighted by Crippen LogP contribution is -1.97. The van der Waals surface area contributed by atoms with Crippen LogP contribution in [-0.4, -0.2) is 9.55 Å². The average Bonchev–Trinajstić information content (AvgIpc) is 3.28. The lowest BCUT2D eigenvalue weighted by molar-refractivity contribution is 1.10. The van der Waals surface area contributed by atoms with Gasteiger partial charge in [0.25, 0.3) is 0 Å². The first-order valence-electron chi connectivity index (χ1n) is 11.2. The van der Waals surface area contributed by atoms with Crippen LogP contribution >= 0.6 is 0 Å². The van der Waals surface area contributed by atoms with Gasteiger partial charge in [0.15, 0.2) is 0 Å². The van der Waals surface area contributed by atoms with Crippen LogP contribution in [0.4, 0.5) is 0 Å². The van der Waals surface area contributed by atoms with Crippen molar-refractivity contribution in [3.63, 3.8) is 0 Å². The van der Waals surface area contributed by atoms with Crippen molar-refractivity contribution in [1.29, 1.82) is 0 Å². The Morgan fingerprint density at radius 3 is 2.06 bits per heavy atom. The quantitative estimate of drug-likeness (QED) is 0.258. The van der Waals surface area contributed by atoms with E-state index in [4.69, 9.17) is 4.98 Å². The summed E-state index contributed by atoms with van der Waals surface area (Å²) in [6.07, 6.45) is 0. The normalized spacial score (nSPS) is 11.6. The number of benzene rings is 6. The van der Waals surface area contributed by atoms with Crippen LogP contribution in [0.15, 0.2) is 121 Å². The Labute approximate surface area is 191 Å². The van der Waals surface area contributed by atoms with Gasteiger partial charge in [-0.2, -0.15) is 0 Å². The highest BCUT2D eigenvalue weighted by Gasteiger charge is 2.15. The molecule has 2 heteroatoms. The van der Waals surface area contributed by atoms with Crippen LogP contribution in [0.5, 0.6) is 0 Å². The lowest BCUT2D eigenvalue weighted by atomic mass is 9.95. The predicted molar refractivity (Wildman–Crippen MR) is 139 cm³/mol. The number of rotatable bonds is 2. The first-order valence-corrected chi connectivity index (χ1v) is 11.2. The Morgan fingerprint density at radius 2 is 1.18 bits per heavy atom. The van der Waals surface area contributed by atoms with E-state index in [1.807, 2.05) is 0 Å². The summed E-state index contributed by atoms with van der Waals surface area (Å²) in [5, 5.41) is 7.61. The SMILES string of the molecule is c1ccc(-n2c(-c3ccc4ccc5ccc6ccccc6c5c4c3)nc3ccccc32)cc1. The monoisotopic (exact) mass is 420 g/mol. The van der Waals surface area contributed by atoms with E-state index in [0.29, 0.717) is 0 Å². The zero-order chi connectivity index (χ0) is 21.8. The van der Waals surface area contributed by atoms with Gasteiger partial charge in [-0.1, -0.05) is 91.0 Å². The Bertz CT molecular complexity index is 1800. The minimum Gasteiger partial charge on any atom is -0.292 e. The topological polar surface area (TPSA) is 17.8 Å². The molecule has 0 saturated heterocycles. The molecule has 1 aromatic heterocycles. The van der Waals surface area contributed by atoms with Crippen LogP contribution in [0.1, 0.15) is 0 Å². The van der Waals surface area contributed by atoms with Crippen molar-refractivity contribution in [1.82, 2.24) is 9.55 Å². The zero-order valence-corrected chi connectivity index (χ0v) is 17.9. The molecule has 7 aromatic rings. The second-order valence-electron chi connectivity index (χ2n) is 8.48. The van der Waals surface area contributed by atoms with E-state index in [1.54, 1.807) is 0 Å². The highest BCUT2D eigenvalue weighted by Crippen LogP contribution is 2.36. The average molecular weight is 421 g/mol. The number of fused-ring (bicyclic) bond motifs is 6. The van der Waals surface area contributed by atoms with Crippen LogP contribution in [0.2, 0.25) is 0 Å². The maximum Gasteiger partial charge on any atom is 0.145 e. The smallest absolute Gasteiger partial charge is 0.145 e. The largest absolute Gasteiger partial charge is 0.292 e. The van der Waals surface area contributed by atoms with Gasteiger partial charge in [-0.25, -0.2) is 4.98 Å². The van der Waals surface area contributed by atoms with Crippen molar-refractivity contribution in [2.75, 3.05) is 0 Å². The number of nitrogens with zero attached hydrogens (tertiary/aromatic N) is 2. The van der Waals surface area contributed by atoms with E-state index >= 15 is 0 Å². The summed E-state index contributed by atoms with van der Waals surface area (Å²) in [7, 11) is 0. The Kier molecular flexibility index (Phi) is 3.88. The van der Waals surface area contributed by atoms with E-state index in [-0.39, 0.29) is 0 Å². The lowest BCUT2D eigenvalue weighted by Gasteiger charge is -2.12. The summed E-state index contributed by atoms with van der Waals surface area (Å²) in [5.74, 6) is 0.960. The molecule has 0 bridgehead atoms. The van der Waals surface area contributed by atoms with E-state index in [1.165, 1.54) is 32.3 Å². The van der Waals surface area contributed by atoms with Gasteiger partial charge in [0, 0.05) is 11.3 Å². The van der Waals surface area contributed by atoms with Crippen LogP contribution in [0.25, 0.3) is 60.4 Å². The van der Waals surface area contributed by atoms with Gasteiger partial charge < -0.3 is 0 Å². The number of hydrogen-bond donors (Lipinski definition) is 0. The predicted octanol–water partition coefficient (Wildman–Crippen LogP) is 8.15. The molecule has 154 valence electrons. The highest BCUT2D eigenvalue weighted by molar-refractivity contribution is 6.20. The summed E-state index contributed by atoms with van der Waals surface area (Å²) in [6, 6.07) is 43.1. The summed E-state index contributed by atoms with van der Waals surface area (Å²) < 4.78 is 2.26. The molecule has 0 atom stereocenters. The van der Waals surface area contributed by atoms with E-state index in [0.717, 1.165) is 28.1 Å². The van der Waals surface area contributed by atoms with Crippen molar-refractivity contribution in [2.45, 2.75) is 0 Å². The fraction of sp³-hybridized carbons (Fsp3) is 0. The molecule has 6 aromatic carbocycles. The number of hydrogen-bond acceptors (Lipinski definition) is 1. The second-order valence-corrected chi connectivity index (χ2v) is 8.48. The molecular formula is C31H20N2. The van der Waals surface area contributed by atoms with Gasteiger partial charge in [-0.05, 0) is 62.6 Å². The third-order valence-electron chi connectivity index (χ3n) is 6.56. The van der Waals surface area contributed by atoms with Crippen LogP contribution in [0, 0.1) is 0 Å². The Balaban J connectivity index is 1.58. The maximum absolute atomic E-state index is 5.07. The minimum absolute atomic E-state index is 0.960.